The molecule has 0 radical (unpaired) electrons. The van der Waals surface area contributed by atoms with Crippen LogP contribution < -0.4 is 17.0 Å². The molecule has 4 N–H and O–H groups in total. The lowest BCUT2D eigenvalue weighted by molar-refractivity contribution is 0.0528. The van der Waals surface area contributed by atoms with Crippen LogP contribution in [0.5, 0.6) is 0 Å². The topological polar surface area (TPSA) is 130 Å². The number of fused-ring (bicyclic) bond motifs is 1. The average Bonchev–Trinajstić information content (AvgIpc) is 2.79. The van der Waals surface area contributed by atoms with E-state index in [4.69, 9.17) is 16.2 Å². The molecule has 0 bridgehead atoms. The van der Waals surface area contributed by atoms with Gasteiger partial charge in [0.15, 0.2) is 11.4 Å². The average molecular weight is 457 g/mol. The van der Waals surface area contributed by atoms with Crippen LogP contribution in [0.3, 0.4) is 0 Å². The van der Waals surface area contributed by atoms with Crippen molar-refractivity contribution in [2.75, 3.05) is 18.1 Å². The zero-order valence-corrected chi connectivity index (χ0v) is 19.1. The lowest BCUT2D eigenvalue weighted by atomic mass is 9.93. The monoisotopic (exact) mass is 456 g/mol. The fraction of sp³-hybridized carbons (Fsp3) is 0.154. The number of ether oxygens (including phenoxy) is 1. The van der Waals surface area contributed by atoms with E-state index >= 15 is 0 Å². The minimum absolute atomic E-state index is 0.0110. The van der Waals surface area contributed by atoms with Crippen molar-refractivity contribution in [1.82, 2.24) is 9.55 Å². The lowest BCUT2D eigenvalue weighted by Gasteiger charge is -2.20. The molecule has 0 atom stereocenters. The van der Waals surface area contributed by atoms with E-state index in [1.165, 1.54) is 11.5 Å². The molecule has 2 heterocycles. The molecule has 0 aliphatic heterocycles. The van der Waals surface area contributed by atoms with E-state index in [9.17, 15) is 14.4 Å². The molecular weight excluding hydrogens is 432 g/mol. The second kappa shape index (κ2) is 8.82. The smallest absolute Gasteiger partial charge is 0.344 e. The first kappa shape index (κ1) is 22.7. The van der Waals surface area contributed by atoms with Crippen LogP contribution in [0, 0.1) is 6.92 Å². The van der Waals surface area contributed by atoms with Crippen LogP contribution in [-0.2, 0) is 4.74 Å². The number of hydrogen-bond donors (Lipinski definition) is 2. The van der Waals surface area contributed by atoms with Crippen LogP contribution in [0.25, 0.3) is 27.8 Å². The molecule has 0 unspecified atom stereocenters. The number of hydrogen-bond acceptors (Lipinski definition) is 7. The van der Waals surface area contributed by atoms with Crippen LogP contribution in [0.15, 0.2) is 59.4 Å². The van der Waals surface area contributed by atoms with E-state index in [-0.39, 0.29) is 40.3 Å². The Morgan fingerprint density at radius 3 is 2.24 bits per heavy atom. The molecule has 8 heteroatoms. The van der Waals surface area contributed by atoms with Gasteiger partial charge in [0.1, 0.15) is 11.4 Å². The minimum atomic E-state index is -0.733. The van der Waals surface area contributed by atoms with Gasteiger partial charge >= 0.3 is 5.97 Å². The fourth-order valence-corrected chi connectivity index (χ4v) is 4.03. The third kappa shape index (κ3) is 3.69. The van der Waals surface area contributed by atoms with Gasteiger partial charge in [-0.3, -0.25) is 14.2 Å². The maximum atomic E-state index is 13.8. The summed E-state index contributed by atoms with van der Waals surface area (Å²) >= 11 is 0. The number of carbonyl (C=O) groups excluding carboxylic acids is 2. The van der Waals surface area contributed by atoms with Crippen LogP contribution in [-0.4, -0.2) is 27.9 Å². The Morgan fingerprint density at radius 2 is 1.65 bits per heavy atom. The molecular formula is C26H24N4O4. The highest BCUT2D eigenvalue weighted by atomic mass is 16.5. The second-order valence-electron chi connectivity index (χ2n) is 7.85. The molecule has 172 valence electrons. The Balaban J connectivity index is 2.29. The summed E-state index contributed by atoms with van der Waals surface area (Å²) in [4.78, 5) is 43.8. The number of nitrogen functional groups attached to an aromatic ring is 2. The van der Waals surface area contributed by atoms with E-state index in [0.29, 0.717) is 16.8 Å². The first-order chi connectivity index (χ1) is 16.3. The van der Waals surface area contributed by atoms with E-state index in [2.05, 4.69) is 4.98 Å². The molecule has 0 aliphatic rings. The standard InChI is InChI=1S/C26H24N4O4/c1-4-34-26(33)21-22(27)20-19(16-8-6-5-7-9-16)18(15(3)31)25(32)30(24(20)29-23(21)28)17-12-10-14(2)11-13-17/h5-13H,4H2,1-3H3,(H4,27,28,29). The molecule has 8 nitrogen and oxygen atoms in total. The zero-order chi connectivity index (χ0) is 24.6. The Bertz CT molecular complexity index is 1490. The number of anilines is 2. The molecule has 0 spiro atoms. The van der Waals surface area contributed by atoms with Crippen molar-refractivity contribution in [2.45, 2.75) is 20.8 Å². The number of benzene rings is 2. The first-order valence-corrected chi connectivity index (χ1v) is 10.7. The predicted molar refractivity (Wildman–Crippen MR) is 132 cm³/mol. The van der Waals surface area contributed by atoms with E-state index in [0.717, 1.165) is 5.56 Å². The highest BCUT2D eigenvalue weighted by molar-refractivity contribution is 6.16. The van der Waals surface area contributed by atoms with Gasteiger partial charge in [-0.1, -0.05) is 48.0 Å². The van der Waals surface area contributed by atoms with Gasteiger partial charge in [-0.05, 0) is 38.5 Å². The number of nitrogens with zero attached hydrogens (tertiary/aromatic N) is 2. The summed E-state index contributed by atoms with van der Waals surface area (Å²) in [5.41, 5.74) is 14.4. The Morgan fingerprint density at radius 1 is 1.00 bits per heavy atom. The van der Waals surface area contributed by atoms with Gasteiger partial charge in [-0.25, -0.2) is 9.78 Å². The predicted octanol–water partition coefficient (Wildman–Crippen LogP) is 3.90. The molecule has 0 amide bonds. The number of rotatable bonds is 5. The van der Waals surface area contributed by atoms with Crippen molar-refractivity contribution in [2.24, 2.45) is 0 Å². The van der Waals surface area contributed by atoms with Gasteiger partial charge < -0.3 is 16.2 Å². The van der Waals surface area contributed by atoms with E-state index in [1.54, 1.807) is 43.3 Å². The molecule has 4 rings (SSSR count). The Labute approximate surface area is 195 Å². The summed E-state index contributed by atoms with van der Waals surface area (Å²) in [5, 5.41) is 0.272. The SMILES string of the molecule is CCOC(=O)c1c(N)nc2c(c1N)c(-c1ccccc1)c(C(C)=O)c(=O)n2-c1ccc(C)cc1. The molecule has 0 saturated heterocycles. The van der Waals surface area contributed by atoms with Crippen molar-refractivity contribution in [3.8, 4) is 16.8 Å². The van der Waals surface area contributed by atoms with Crippen molar-refractivity contribution in [1.29, 1.82) is 0 Å². The Kier molecular flexibility index (Phi) is 5.89. The quantitative estimate of drug-likeness (QED) is 0.344. The summed E-state index contributed by atoms with van der Waals surface area (Å²) < 4.78 is 6.44. The van der Waals surface area contributed by atoms with Crippen molar-refractivity contribution < 1.29 is 14.3 Å². The minimum Gasteiger partial charge on any atom is -0.462 e. The molecule has 4 aromatic rings. The normalized spacial score (nSPS) is 10.9. The van der Waals surface area contributed by atoms with Gasteiger partial charge in [0.25, 0.3) is 5.56 Å². The summed E-state index contributed by atoms with van der Waals surface area (Å²) in [6.07, 6.45) is 0. The third-order valence-electron chi connectivity index (χ3n) is 5.56. The van der Waals surface area contributed by atoms with Crippen molar-refractivity contribution in [3.05, 3.63) is 81.6 Å². The molecule has 0 saturated carbocycles. The molecule has 2 aromatic heterocycles. The second-order valence-corrected chi connectivity index (χ2v) is 7.85. The van der Waals surface area contributed by atoms with Gasteiger partial charge in [0.2, 0.25) is 0 Å². The number of pyridine rings is 2. The first-order valence-electron chi connectivity index (χ1n) is 10.7. The molecule has 0 aliphatic carbocycles. The maximum absolute atomic E-state index is 13.8. The van der Waals surface area contributed by atoms with Crippen LogP contribution in [0.2, 0.25) is 0 Å². The largest absolute Gasteiger partial charge is 0.462 e. The highest BCUT2D eigenvalue weighted by Gasteiger charge is 2.28. The number of nitrogens with two attached hydrogens (primary N) is 2. The molecule has 2 aromatic carbocycles. The number of aromatic nitrogens is 2. The zero-order valence-electron chi connectivity index (χ0n) is 19.1. The fourth-order valence-electron chi connectivity index (χ4n) is 4.03. The summed E-state index contributed by atoms with van der Waals surface area (Å²) in [6, 6.07) is 16.1. The number of ketones is 1. The van der Waals surface area contributed by atoms with E-state index in [1.807, 2.05) is 25.1 Å². The summed E-state index contributed by atoms with van der Waals surface area (Å²) in [7, 11) is 0. The number of carbonyl (C=O) groups is 2. The number of aryl methyl sites for hydroxylation is 1. The lowest BCUT2D eigenvalue weighted by Crippen LogP contribution is -2.28. The van der Waals surface area contributed by atoms with Crippen LogP contribution in [0.1, 0.15) is 40.1 Å². The summed E-state index contributed by atoms with van der Waals surface area (Å²) in [5.74, 6) is -1.35. The van der Waals surface area contributed by atoms with Crippen LogP contribution in [0.4, 0.5) is 11.5 Å². The van der Waals surface area contributed by atoms with Crippen molar-refractivity contribution >= 4 is 34.3 Å². The number of Topliss-reactive ketones (excluding diaryl/α,β-unsaturated/α-hetero) is 1. The van der Waals surface area contributed by atoms with Crippen molar-refractivity contribution in [3.63, 3.8) is 0 Å². The van der Waals surface area contributed by atoms with Gasteiger partial charge in [-0.2, -0.15) is 0 Å². The Hall–Kier alpha value is -4.46. The third-order valence-corrected chi connectivity index (χ3v) is 5.56. The molecule has 34 heavy (non-hydrogen) atoms. The van der Waals surface area contributed by atoms with Crippen LogP contribution >= 0.6 is 0 Å². The number of esters is 1. The summed E-state index contributed by atoms with van der Waals surface area (Å²) in [6.45, 7) is 5.02. The van der Waals surface area contributed by atoms with Gasteiger partial charge in [0, 0.05) is 5.56 Å². The molecule has 0 fully saturated rings. The van der Waals surface area contributed by atoms with Gasteiger partial charge in [0.05, 0.1) is 28.9 Å². The van der Waals surface area contributed by atoms with E-state index < -0.39 is 17.3 Å². The van der Waals surface area contributed by atoms with Gasteiger partial charge in [-0.15, -0.1) is 0 Å². The maximum Gasteiger partial charge on any atom is 0.344 e. The highest BCUT2D eigenvalue weighted by Crippen LogP contribution is 2.38.